The number of hydrogen-bond donors (Lipinski definition) is 1. The van der Waals surface area contributed by atoms with Crippen LogP contribution in [0.2, 0.25) is 5.02 Å². The zero-order valence-electron chi connectivity index (χ0n) is 16.8. The summed E-state index contributed by atoms with van der Waals surface area (Å²) in [6, 6.07) is 4.49. The van der Waals surface area contributed by atoms with E-state index < -0.39 is 5.82 Å². The number of rotatable bonds is 7. The summed E-state index contributed by atoms with van der Waals surface area (Å²) in [5.41, 5.74) is 0.814. The number of nitrogens with one attached hydrogen (secondary N) is 1. The van der Waals surface area contributed by atoms with E-state index >= 15 is 0 Å². The number of carbonyl (C=O) groups is 1. The number of hydrogen-bond acceptors (Lipinski definition) is 6. The van der Waals surface area contributed by atoms with Crippen LogP contribution in [0.5, 0.6) is 0 Å². The van der Waals surface area contributed by atoms with E-state index in [2.05, 4.69) is 25.2 Å². The van der Waals surface area contributed by atoms with Gasteiger partial charge < -0.3 is 15.1 Å². The number of anilines is 2. The number of amides is 1. The van der Waals surface area contributed by atoms with Crippen molar-refractivity contribution in [3.05, 3.63) is 40.4 Å². The number of nitrogens with zero attached hydrogens (tertiary/aromatic N) is 5. The Hall–Kier alpha value is -2.48. The Morgan fingerprint density at radius 3 is 2.66 bits per heavy atom. The molecule has 0 saturated carbocycles. The Labute approximate surface area is 175 Å². The lowest BCUT2D eigenvalue weighted by Gasteiger charge is -2.27. The maximum atomic E-state index is 13.2. The van der Waals surface area contributed by atoms with Gasteiger partial charge in [0, 0.05) is 33.6 Å². The summed E-state index contributed by atoms with van der Waals surface area (Å²) < 4.78 is 13.2. The smallest absolute Gasteiger partial charge is 0.230 e. The maximum Gasteiger partial charge on any atom is 0.230 e. The van der Waals surface area contributed by atoms with Gasteiger partial charge in [-0.3, -0.25) is 4.79 Å². The van der Waals surface area contributed by atoms with Gasteiger partial charge in [0.25, 0.3) is 0 Å². The Kier molecular flexibility index (Phi) is 7.19. The molecule has 29 heavy (non-hydrogen) atoms. The van der Waals surface area contributed by atoms with Gasteiger partial charge in [-0.15, -0.1) is 0 Å². The molecule has 1 N–H and O–H groups in total. The van der Waals surface area contributed by atoms with Crippen LogP contribution in [-0.2, 0) is 17.8 Å². The standard InChI is InChI=1S/C20H26ClFN6O/c1-27(2)19-24-17(25-20(26-19)28-10-4-3-5-11-28)13-23-18(29)9-7-14-6-8-16(22)15(21)12-14/h6,8,12H,3-5,7,9-11,13H2,1-2H3,(H,23,29). The monoisotopic (exact) mass is 420 g/mol. The normalized spacial score (nSPS) is 14.0. The fraction of sp³-hybridized carbons (Fsp3) is 0.500. The number of aromatic nitrogens is 3. The summed E-state index contributed by atoms with van der Waals surface area (Å²) in [4.78, 5) is 29.8. The lowest BCUT2D eigenvalue weighted by atomic mass is 10.1. The van der Waals surface area contributed by atoms with Crippen molar-refractivity contribution in [3.63, 3.8) is 0 Å². The molecule has 1 aromatic heterocycles. The second kappa shape index (κ2) is 9.82. The molecule has 7 nitrogen and oxygen atoms in total. The van der Waals surface area contributed by atoms with Gasteiger partial charge in [0.2, 0.25) is 17.8 Å². The molecule has 1 aliphatic rings. The fourth-order valence-corrected chi connectivity index (χ4v) is 3.33. The van der Waals surface area contributed by atoms with Crippen LogP contribution in [0.1, 0.15) is 37.1 Å². The van der Waals surface area contributed by atoms with E-state index in [0.717, 1.165) is 31.5 Å². The molecule has 2 aromatic rings. The van der Waals surface area contributed by atoms with Gasteiger partial charge in [-0.1, -0.05) is 17.7 Å². The van der Waals surface area contributed by atoms with E-state index in [4.69, 9.17) is 11.6 Å². The van der Waals surface area contributed by atoms with Crippen molar-refractivity contribution >= 4 is 29.4 Å². The van der Waals surface area contributed by atoms with Crippen molar-refractivity contribution < 1.29 is 9.18 Å². The highest BCUT2D eigenvalue weighted by molar-refractivity contribution is 6.30. The van der Waals surface area contributed by atoms with Gasteiger partial charge in [0.15, 0.2) is 5.82 Å². The summed E-state index contributed by atoms with van der Waals surface area (Å²) in [7, 11) is 3.76. The lowest BCUT2D eigenvalue weighted by molar-refractivity contribution is -0.121. The molecule has 156 valence electrons. The third-order valence-electron chi connectivity index (χ3n) is 4.77. The Morgan fingerprint density at radius 2 is 1.97 bits per heavy atom. The predicted molar refractivity (Wildman–Crippen MR) is 112 cm³/mol. The third kappa shape index (κ3) is 6.00. The molecule has 1 aromatic carbocycles. The second-order valence-corrected chi connectivity index (χ2v) is 7.73. The van der Waals surface area contributed by atoms with Gasteiger partial charge in [-0.2, -0.15) is 15.0 Å². The third-order valence-corrected chi connectivity index (χ3v) is 5.06. The molecule has 1 amide bonds. The first-order chi connectivity index (χ1) is 13.9. The first-order valence-corrected chi connectivity index (χ1v) is 10.2. The van der Waals surface area contributed by atoms with Crippen molar-refractivity contribution in [1.29, 1.82) is 0 Å². The van der Waals surface area contributed by atoms with E-state index in [1.807, 2.05) is 19.0 Å². The highest BCUT2D eigenvalue weighted by Gasteiger charge is 2.17. The molecule has 1 fully saturated rings. The van der Waals surface area contributed by atoms with Crippen molar-refractivity contribution in [2.45, 2.75) is 38.6 Å². The topological polar surface area (TPSA) is 74.2 Å². The summed E-state index contributed by atoms with van der Waals surface area (Å²) in [5, 5.41) is 2.92. The molecule has 9 heteroatoms. The Bertz CT molecular complexity index is 857. The van der Waals surface area contributed by atoms with E-state index in [0.29, 0.717) is 24.1 Å². The average Bonchev–Trinajstić information content (AvgIpc) is 2.73. The Morgan fingerprint density at radius 1 is 1.21 bits per heavy atom. The number of halogens is 2. The summed E-state index contributed by atoms with van der Waals surface area (Å²) in [6.07, 6.45) is 4.23. The van der Waals surface area contributed by atoms with E-state index in [9.17, 15) is 9.18 Å². The molecule has 0 unspecified atom stereocenters. The van der Waals surface area contributed by atoms with Crippen molar-refractivity contribution in [2.24, 2.45) is 0 Å². The minimum absolute atomic E-state index is 0.0644. The number of piperidine rings is 1. The molecule has 1 saturated heterocycles. The summed E-state index contributed by atoms with van der Waals surface area (Å²) in [6.45, 7) is 2.10. The molecule has 1 aliphatic heterocycles. The quantitative estimate of drug-likeness (QED) is 0.742. The first-order valence-electron chi connectivity index (χ1n) is 9.80. The molecule has 0 radical (unpaired) electrons. The number of benzene rings is 1. The van der Waals surface area contributed by atoms with Gasteiger partial charge in [0.1, 0.15) is 5.82 Å². The Balaban J connectivity index is 1.60. The summed E-state index contributed by atoms with van der Waals surface area (Å²) >= 11 is 5.78. The van der Waals surface area contributed by atoms with E-state index in [1.54, 1.807) is 12.1 Å². The van der Waals surface area contributed by atoms with Crippen LogP contribution in [0.25, 0.3) is 0 Å². The zero-order chi connectivity index (χ0) is 20.8. The van der Waals surface area contributed by atoms with Crippen LogP contribution in [0.15, 0.2) is 18.2 Å². The fourth-order valence-electron chi connectivity index (χ4n) is 3.13. The van der Waals surface area contributed by atoms with Gasteiger partial charge in [-0.05, 0) is 43.4 Å². The van der Waals surface area contributed by atoms with Gasteiger partial charge in [-0.25, -0.2) is 4.39 Å². The van der Waals surface area contributed by atoms with Gasteiger partial charge >= 0.3 is 0 Å². The molecule has 0 bridgehead atoms. The number of carbonyl (C=O) groups excluding carboxylic acids is 1. The molecule has 0 spiro atoms. The number of aryl methyl sites for hydroxylation is 1. The second-order valence-electron chi connectivity index (χ2n) is 7.32. The van der Waals surface area contributed by atoms with Crippen LogP contribution in [0, 0.1) is 5.82 Å². The average molecular weight is 421 g/mol. The highest BCUT2D eigenvalue weighted by Crippen LogP contribution is 2.18. The van der Waals surface area contributed by atoms with Crippen molar-refractivity contribution in [1.82, 2.24) is 20.3 Å². The molecule has 2 heterocycles. The molecule has 0 atom stereocenters. The largest absolute Gasteiger partial charge is 0.349 e. The van der Waals surface area contributed by atoms with Gasteiger partial charge in [0.05, 0.1) is 11.6 Å². The molecule has 0 aliphatic carbocycles. The van der Waals surface area contributed by atoms with Crippen LogP contribution >= 0.6 is 11.6 Å². The van der Waals surface area contributed by atoms with Crippen LogP contribution < -0.4 is 15.1 Å². The molecular weight excluding hydrogens is 395 g/mol. The van der Waals surface area contributed by atoms with Crippen LogP contribution in [0.3, 0.4) is 0 Å². The minimum Gasteiger partial charge on any atom is -0.349 e. The molecule has 3 rings (SSSR count). The minimum atomic E-state index is -0.462. The zero-order valence-corrected chi connectivity index (χ0v) is 17.5. The van der Waals surface area contributed by atoms with Crippen molar-refractivity contribution in [3.8, 4) is 0 Å². The SMILES string of the molecule is CN(C)c1nc(CNC(=O)CCc2ccc(F)c(Cl)c2)nc(N2CCCCC2)n1. The van der Waals surface area contributed by atoms with Crippen molar-refractivity contribution in [2.75, 3.05) is 37.0 Å². The van der Waals surface area contributed by atoms with Crippen LogP contribution in [0.4, 0.5) is 16.3 Å². The molecular formula is C20H26ClFN6O. The maximum absolute atomic E-state index is 13.2. The highest BCUT2D eigenvalue weighted by atomic mass is 35.5. The van der Waals surface area contributed by atoms with E-state index in [-0.39, 0.29) is 23.9 Å². The summed E-state index contributed by atoms with van der Waals surface area (Å²) in [5.74, 6) is 1.18. The first kappa shape index (κ1) is 21.2. The van der Waals surface area contributed by atoms with Crippen LogP contribution in [-0.4, -0.2) is 48.0 Å². The predicted octanol–water partition coefficient (Wildman–Crippen LogP) is 2.97. The van der Waals surface area contributed by atoms with E-state index in [1.165, 1.54) is 12.5 Å². The lowest BCUT2D eigenvalue weighted by Crippen LogP contribution is -2.33.